The Morgan fingerprint density at radius 1 is 1.12 bits per heavy atom. The number of para-hydroxylation sites is 1. The topological polar surface area (TPSA) is 63.2 Å². The van der Waals surface area contributed by atoms with Gasteiger partial charge >= 0.3 is 6.03 Å². The highest BCUT2D eigenvalue weighted by atomic mass is 35.5. The Balaban J connectivity index is 1.47. The molecule has 0 atom stereocenters. The average Bonchev–Trinajstić information content (AvgIpc) is 3.09. The van der Waals surface area contributed by atoms with Crippen LogP contribution in [0, 0.1) is 0 Å². The van der Waals surface area contributed by atoms with Crippen LogP contribution in [0.3, 0.4) is 0 Å². The normalized spacial score (nSPS) is 10.4. The minimum Gasteiger partial charge on any atom is -0.487 e. The van der Waals surface area contributed by atoms with Crippen molar-refractivity contribution >= 4 is 45.7 Å². The maximum absolute atomic E-state index is 12.0. The van der Waals surface area contributed by atoms with E-state index in [4.69, 9.17) is 27.9 Å². The molecule has 0 spiro atoms. The van der Waals surface area contributed by atoms with E-state index in [9.17, 15) is 4.79 Å². The molecule has 2 amide bonds. The van der Waals surface area contributed by atoms with Gasteiger partial charge in [0.2, 0.25) is 0 Å². The minimum atomic E-state index is -0.346. The molecule has 0 aliphatic carbocycles. The highest BCUT2D eigenvalue weighted by molar-refractivity contribution is 7.13. The number of hydrogen-bond donors (Lipinski definition) is 2. The number of nitrogens with one attached hydrogen (secondary N) is 2. The fourth-order valence-corrected chi connectivity index (χ4v) is 3.09. The van der Waals surface area contributed by atoms with E-state index >= 15 is 0 Å². The summed E-state index contributed by atoms with van der Waals surface area (Å²) >= 11 is 13.2. The van der Waals surface area contributed by atoms with Crippen LogP contribution in [0.25, 0.3) is 0 Å². The van der Waals surface area contributed by atoms with Crippen LogP contribution in [0.4, 0.5) is 9.93 Å². The lowest BCUT2D eigenvalue weighted by Crippen LogP contribution is -2.28. The minimum absolute atomic E-state index is 0.331. The molecule has 0 aliphatic heterocycles. The summed E-state index contributed by atoms with van der Waals surface area (Å²) in [5, 5.41) is 8.72. The summed E-state index contributed by atoms with van der Waals surface area (Å²) in [6.45, 7) is 0.672. The van der Waals surface area contributed by atoms with Crippen molar-refractivity contribution in [3.63, 3.8) is 0 Å². The number of anilines is 1. The zero-order valence-electron chi connectivity index (χ0n) is 13.5. The monoisotopic (exact) mass is 407 g/mol. The number of rotatable bonds is 6. The third kappa shape index (κ3) is 5.36. The summed E-state index contributed by atoms with van der Waals surface area (Å²) in [5.41, 5.74) is 1.60. The van der Waals surface area contributed by atoms with Gasteiger partial charge in [0.25, 0.3) is 0 Å². The van der Waals surface area contributed by atoms with Crippen LogP contribution >= 0.6 is 34.5 Å². The van der Waals surface area contributed by atoms with Crippen LogP contribution in [0.15, 0.2) is 53.9 Å². The zero-order valence-corrected chi connectivity index (χ0v) is 15.9. The molecule has 0 aliphatic rings. The lowest BCUT2D eigenvalue weighted by Gasteiger charge is -2.06. The summed E-state index contributed by atoms with van der Waals surface area (Å²) in [4.78, 5) is 16.3. The van der Waals surface area contributed by atoms with Gasteiger partial charge in [-0.3, -0.25) is 5.32 Å². The molecule has 8 heteroatoms. The highest BCUT2D eigenvalue weighted by Crippen LogP contribution is 2.22. The second kappa shape index (κ2) is 8.89. The van der Waals surface area contributed by atoms with Gasteiger partial charge in [0.15, 0.2) is 5.13 Å². The van der Waals surface area contributed by atoms with Crippen molar-refractivity contribution in [2.24, 2.45) is 0 Å². The summed E-state index contributed by atoms with van der Waals surface area (Å²) in [7, 11) is 0. The maximum Gasteiger partial charge on any atom is 0.321 e. The lowest BCUT2D eigenvalue weighted by molar-refractivity contribution is 0.251. The number of carbonyl (C=O) groups excluding carboxylic acids is 1. The van der Waals surface area contributed by atoms with E-state index in [1.807, 2.05) is 35.7 Å². The smallest absolute Gasteiger partial charge is 0.321 e. The maximum atomic E-state index is 12.0. The number of aromatic nitrogens is 1. The lowest BCUT2D eigenvalue weighted by atomic mass is 10.2. The molecule has 0 unspecified atom stereocenters. The van der Waals surface area contributed by atoms with Crippen molar-refractivity contribution in [2.75, 3.05) is 5.32 Å². The third-order valence-corrected chi connectivity index (χ3v) is 4.88. The Morgan fingerprint density at radius 3 is 2.69 bits per heavy atom. The van der Waals surface area contributed by atoms with Gasteiger partial charge in [-0.05, 0) is 29.8 Å². The van der Waals surface area contributed by atoms with Crippen LogP contribution < -0.4 is 15.4 Å². The molecule has 5 nitrogen and oxygen atoms in total. The molecule has 0 saturated carbocycles. The van der Waals surface area contributed by atoms with E-state index in [0.717, 1.165) is 17.0 Å². The van der Waals surface area contributed by atoms with Crippen molar-refractivity contribution in [3.05, 3.63) is 75.2 Å². The van der Waals surface area contributed by atoms with Gasteiger partial charge in [-0.15, -0.1) is 11.3 Å². The van der Waals surface area contributed by atoms with Gasteiger partial charge in [-0.1, -0.05) is 47.5 Å². The Bertz CT molecular complexity index is 887. The van der Waals surface area contributed by atoms with Crippen molar-refractivity contribution in [1.29, 1.82) is 0 Å². The van der Waals surface area contributed by atoms with Crippen LogP contribution in [-0.4, -0.2) is 11.0 Å². The summed E-state index contributed by atoms with van der Waals surface area (Å²) in [6, 6.07) is 14.4. The Kier molecular flexibility index (Phi) is 6.33. The van der Waals surface area contributed by atoms with Crippen molar-refractivity contribution in [3.8, 4) is 5.75 Å². The van der Waals surface area contributed by atoms with Crippen LogP contribution in [-0.2, 0) is 13.2 Å². The van der Waals surface area contributed by atoms with Crippen LogP contribution in [0.2, 0.25) is 10.0 Å². The van der Waals surface area contributed by atoms with E-state index in [2.05, 4.69) is 15.6 Å². The van der Waals surface area contributed by atoms with Crippen molar-refractivity contribution in [1.82, 2.24) is 10.3 Å². The van der Waals surface area contributed by atoms with Gasteiger partial charge in [-0.25, -0.2) is 9.78 Å². The van der Waals surface area contributed by atoms with Gasteiger partial charge in [0, 0.05) is 11.9 Å². The largest absolute Gasteiger partial charge is 0.487 e. The second-order valence-corrected chi connectivity index (χ2v) is 6.97. The number of nitrogens with zero attached hydrogens (tertiary/aromatic N) is 1. The number of benzene rings is 2. The van der Waals surface area contributed by atoms with Gasteiger partial charge in [0.05, 0.1) is 15.7 Å². The predicted octanol–water partition coefficient (Wildman–Crippen LogP) is 5.35. The Hall–Kier alpha value is -2.28. The van der Waals surface area contributed by atoms with E-state index in [1.54, 1.807) is 18.2 Å². The number of thiazole rings is 1. The summed E-state index contributed by atoms with van der Waals surface area (Å²) in [5.74, 6) is 0.773. The first-order valence-corrected chi connectivity index (χ1v) is 9.35. The standard InChI is InChI=1S/C18H15Cl2N3O2S/c19-15-7-6-12(8-16(15)20)9-21-17(24)23-18-22-13(11-26-18)10-25-14-4-2-1-3-5-14/h1-8,11H,9-10H2,(H2,21,22,23,24). The second-order valence-electron chi connectivity index (χ2n) is 5.30. The number of urea groups is 1. The molecule has 0 bridgehead atoms. The molecule has 1 heterocycles. The summed E-state index contributed by atoms with van der Waals surface area (Å²) in [6.07, 6.45) is 0. The van der Waals surface area contributed by atoms with E-state index < -0.39 is 0 Å². The first-order valence-electron chi connectivity index (χ1n) is 7.71. The Morgan fingerprint density at radius 2 is 1.92 bits per heavy atom. The number of amides is 2. The average molecular weight is 408 g/mol. The van der Waals surface area contributed by atoms with Crippen molar-refractivity contribution < 1.29 is 9.53 Å². The molecule has 0 saturated heterocycles. The molecule has 2 N–H and O–H groups in total. The molecule has 3 aromatic rings. The first-order chi connectivity index (χ1) is 12.6. The fraction of sp³-hybridized carbons (Fsp3) is 0.111. The molecule has 134 valence electrons. The van der Waals surface area contributed by atoms with E-state index in [1.165, 1.54) is 11.3 Å². The summed E-state index contributed by atoms with van der Waals surface area (Å²) < 4.78 is 5.63. The van der Waals surface area contributed by atoms with E-state index in [-0.39, 0.29) is 6.03 Å². The highest BCUT2D eigenvalue weighted by Gasteiger charge is 2.08. The SMILES string of the molecule is O=C(NCc1ccc(Cl)c(Cl)c1)Nc1nc(COc2ccccc2)cs1. The molecule has 2 aromatic carbocycles. The number of hydrogen-bond acceptors (Lipinski definition) is 4. The number of ether oxygens (including phenoxy) is 1. The predicted molar refractivity (Wildman–Crippen MR) is 105 cm³/mol. The molecule has 1 aromatic heterocycles. The zero-order chi connectivity index (χ0) is 18.4. The third-order valence-electron chi connectivity index (χ3n) is 3.34. The van der Waals surface area contributed by atoms with Gasteiger partial charge < -0.3 is 10.1 Å². The Labute approximate surface area is 164 Å². The number of halogens is 2. The van der Waals surface area contributed by atoms with Crippen LogP contribution in [0.1, 0.15) is 11.3 Å². The van der Waals surface area contributed by atoms with Crippen LogP contribution in [0.5, 0.6) is 5.75 Å². The van der Waals surface area contributed by atoms with E-state index in [0.29, 0.717) is 28.3 Å². The molecular formula is C18H15Cl2N3O2S. The molecule has 26 heavy (non-hydrogen) atoms. The van der Waals surface area contributed by atoms with Gasteiger partial charge in [0.1, 0.15) is 12.4 Å². The quantitative estimate of drug-likeness (QED) is 0.578. The molecule has 0 radical (unpaired) electrons. The molecule has 0 fully saturated rings. The first kappa shape index (κ1) is 18.5. The number of carbonyl (C=O) groups is 1. The van der Waals surface area contributed by atoms with Gasteiger partial charge in [-0.2, -0.15) is 0 Å². The molecular weight excluding hydrogens is 393 g/mol. The fourth-order valence-electron chi connectivity index (χ4n) is 2.08. The van der Waals surface area contributed by atoms with Crippen molar-refractivity contribution in [2.45, 2.75) is 13.2 Å². The molecule has 3 rings (SSSR count).